The summed E-state index contributed by atoms with van der Waals surface area (Å²) in [5.41, 5.74) is 3.39. The zero-order valence-electron chi connectivity index (χ0n) is 17.8. The molecule has 1 fully saturated rings. The minimum atomic E-state index is 0.717. The number of morpholine rings is 1. The first kappa shape index (κ1) is 22.8. The van der Waals surface area contributed by atoms with Crippen LogP contribution in [-0.4, -0.2) is 68.4 Å². The van der Waals surface area contributed by atoms with Crippen LogP contribution < -0.4 is 10.2 Å². The highest BCUT2D eigenvalue weighted by molar-refractivity contribution is 7.80. The van der Waals surface area contributed by atoms with Crippen molar-refractivity contribution in [3.8, 4) is 0 Å². The van der Waals surface area contributed by atoms with Gasteiger partial charge in [-0.3, -0.25) is 4.90 Å². The lowest BCUT2D eigenvalue weighted by Gasteiger charge is -2.30. The van der Waals surface area contributed by atoms with E-state index in [-0.39, 0.29) is 0 Å². The Morgan fingerprint density at radius 1 is 1.07 bits per heavy atom. The number of anilines is 2. The Hall–Kier alpha value is -1.86. The van der Waals surface area contributed by atoms with E-state index in [0.717, 1.165) is 68.2 Å². The number of halogens is 1. The van der Waals surface area contributed by atoms with Crippen LogP contribution in [0.1, 0.15) is 12.0 Å². The molecule has 1 N–H and O–H groups in total. The van der Waals surface area contributed by atoms with Gasteiger partial charge in [-0.15, -0.1) is 0 Å². The molecule has 1 saturated heterocycles. The molecule has 1 aliphatic heterocycles. The summed E-state index contributed by atoms with van der Waals surface area (Å²) in [6.45, 7) is 6.42. The summed E-state index contributed by atoms with van der Waals surface area (Å²) >= 11 is 11.8. The van der Waals surface area contributed by atoms with Gasteiger partial charge in [0.25, 0.3) is 0 Å². The lowest BCUT2D eigenvalue weighted by molar-refractivity contribution is 0.0368. The molecule has 0 aromatic heterocycles. The quantitative estimate of drug-likeness (QED) is 0.607. The molecular formula is C23H31ClN4OS. The van der Waals surface area contributed by atoms with Crippen molar-refractivity contribution in [3.05, 3.63) is 59.1 Å². The van der Waals surface area contributed by atoms with Crippen LogP contribution in [0.3, 0.4) is 0 Å². The zero-order valence-corrected chi connectivity index (χ0v) is 19.4. The topological polar surface area (TPSA) is 31.0 Å². The molecule has 3 rings (SSSR count). The van der Waals surface area contributed by atoms with E-state index < -0.39 is 0 Å². The highest BCUT2D eigenvalue weighted by Crippen LogP contribution is 2.17. The normalized spacial score (nSPS) is 14.4. The number of nitrogens with zero attached hydrogens (tertiary/aromatic N) is 3. The van der Waals surface area contributed by atoms with E-state index in [2.05, 4.69) is 58.4 Å². The van der Waals surface area contributed by atoms with E-state index in [9.17, 15) is 0 Å². The number of thiocarbonyl (C=S) groups is 1. The molecule has 5 nitrogen and oxygen atoms in total. The summed E-state index contributed by atoms with van der Waals surface area (Å²) in [7, 11) is 4.11. The van der Waals surface area contributed by atoms with Gasteiger partial charge < -0.3 is 19.9 Å². The fourth-order valence-electron chi connectivity index (χ4n) is 3.42. The fourth-order valence-corrected chi connectivity index (χ4v) is 3.82. The molecule has 0 saturated carbocycles. The summed E-state index contributed by atoms with van der Waals surface area (Å²) in [5, 5.41) is 4.81. The summed E-state index contributed by atoms with van der Waals surface area (Å²) in [5.74, 6) is 0. The van der Waals surface area contributed by atoms with Crippen molar-refractivity contribution in [3.63, 3.8) is 0 Å². The number of nitrogens with one attached hydrogen (secondary N) is 1. The molecule has 1 heterocycles. The second kappa shape index (κ2) is 11.5. The minimum absolute atomic E-state index is 0.717. The first-order valence-electron chi connectivity index (χ1n) is 10.4. The van der Waals surface area contributed by atoms with Crippen molar-refractivity contribution in [2.75, 3.05) is 63.7 Å². The predicted molar refractivity (Wildman–Crippen MR) is 131 cm³/mol. The Morgan fingerprint density at radius 2 is 1.73 bits per heavy atom. The molecule has 0 spiro atoms. The van der Waals surface area contributed by atoms with Crippen LogP contribution in [0, 0.1) is 0 Å². The smallest absolute Gasteiger partial charge is 0.173 e. The van der Waals surface area contributed by atoms with Crippen molar-refractivity contribution in [1.29, 1.82) is 0 Å². The third-order valence-corrected chi connectivity index (χ3v) is 5.83. The number of hydrogen-bond acceptors (Lipinski definition) is 4. The largest absolute Gasteiger partial charge is 0.379 e. The van der Waals surface area contributed by atoms with E-state index in [0.29, 0.717) is 0 Å². The van der Waals surface area contributed by atoms with E-state index in [4.69, 9.17) is 28.6 Å². The SMILES string of the molecule is CN(C)c1ccc(CN(CCCN2CCOCC2)C(=S)Nc2ccc(Cl)cc2)cc1. The van der Waals surface area contributed by atoms with E-state index in [1.54, 1.807) is 0 Å². The summed E-state index contributed by atoms with van der Waals surface area (Å²) in [6, 6.07) is 16.3. The van der Waals surface area contributed by atoms with Crippen LogP contribution in [0.15, 0.2) is 48.5 Å². The van der Waals surface area contributed by atoms with Crippen LogP contribution in [-0.2, 0) is 11.3 Å². The molecule has 0 amide bonds. The maximum Gasteiger partial charge on any atom is 0.173 e. The maximum absolute atomic E-state index is 6.01. The van der Waals surface area contributed by atoms with E-state index in [1.165, 1.54) is 11.3 Å². The van der Waals surface area contributed by atoms with Gasteiger partial charge in [0.15, 0.2) is 5.11 Å². The Kier molecular flexibility index (Phi) is 8.75. The van der Waals surface area contributed by atoms with Crippen molar-refractivity contribution in [2.45, 2.75) is 13.0 Å². The molecule has 0 bridgehead atoms. The molecule has 2 aromatic carbocycles. The monoisotopic (exact) mass is 446 g/mol. The van der Waals surface area contributed by atoms with Crippen molar-refractivity contribution >= 4 is 40.3 Å². The van der Waals surface area contributed by atoms with Gasteiger partial charge in [0.2, 0.25) is 0 Å². The molecule has 162 valence electrons. The lowest BCUT2D eigenvalue weighted by atomic mass is 10.2. The van der Waals surface area contributed by atoms with Crippen molar-refractivity contribution in [1.82, 2.24) is 9.80 Å². The standard InChI is InChI=1S/C23H31ClN4OS/c1-26(2)22-10-4-19(5-11-22)18-28(13-3-12-27-14-16-29-17-15-27)23(30)25-21-8-6-20(24)7-9-21/h4-11H,3,12-18H2,1-2H3,(H,25,30). The number of hydrogen-bond donors (Lipinski definition) is 1. The molecule has 0 aliphatic carbocycles. The van der Waals surface area contributed by atoms with Crippen LogP contribution in [0.25, 0.3) is 0 Å². The van der Waals surface area contributed by atoms with Gasteiger partial charge in [-0.2, -0.15) is 0 Å². The maximum atomic E-state index is 6.01. The van der Waals surface area contributed by atoms with Gasteiger partial charge in [-0.25, -0.2) is 0 Å². The Labute approximate surface area is 190 Å². The number of ether oxygens (including phenoxy) is 1. The third-order valence-electron chi connectivity index (χ3n) is 5.21. The second-order valence-electron chi connectivity index (χ2n) is 7.73. The van der Waals surface area contributed by atoms with Crippen LogP contribution >= 0.6 is 23.8 Å². The Bertz CT molecular complexity index is 792. The fraction of sp³-hybridized carbons (Fsp3) is 0.435. The summed E-state index contributed by atoms with van der Waals surface area (Å²) in [4.78, 5) is 6.81. The molecule has 0 unspecified atom stereocenters. The zero-order chi connectivity index (χ0) is 21.3. The molecule has 0 radical (unpaired) electrons. The molecule has 7 heteroatoms. The van der Waals surface area contributed by atoms with Crippen LogP contribution in [0.4, 0.5) is 11.4 Å². The number of rotatable bonds is 8. The Balaban J connectivity index is 1.63. The van der Waals surface area contributed by atoms with Crippen molar-refractivity contribution in [2.24, 2.45) is 0 Å². The minimum Gasteiger partial charge on any atom is -0.379 e. The van der Waals surface area contributed by atoms with Gasteiger partial charge in [0.1, 0.15) is 0 Å². The second-order valence-corrected chi connectivity index (χ2v) is 8.55. The highest BCUT2D eigenvalue weighted by Gasteiger charge is 2.14. The van der Waals surface area contributed by atoms with Crippen molar-refractivity contribution < 1.29 is 4.74 Å². The lowest BCUT2D eigenvalue weighted by Crippen LogP contribution is -2.40. The van der Waals surface area contributed by atoms with Gasteiger partial charge in [-0.05, 0) is 60.6 Å². The van der Waals surface area contributed by atoms with Gasteiger partial charge in [-0.1, -0.05) is 23.7 Å². The number of benzene rings is 2. The first-order chi connectivity index (χ1) is 14.5. The molecule has 2 aromatic rings. The molecule has 0 atom stereocenters. The van der Waals surface area contributed by atoms with Crippen LogP contribution in [0.5, 0.6) is 0 Å². The van der Waals surface area contributed by atoms with Gasteiger partial charge in [0.05, 0.1) is 13.2 Å². The highest BCUT2D eigenvalue weighted by atomic mass is 35.5. The van der Waals surface area contributed by atoms with E-state index >= 15 is 0 Å². The molecular weight excluding hydrogens is 416 g/mol. The predicted octanol–water partition coefficient (Wildman–Crippen LogP) is 4.33. The van der Waals surface area contributed by atoms with Gasteiger partial charge in [0, 0.05) is 63.2 Å². The Morgan fingerprint density at radius 3 is 2.37 bits per heavy atom. The average Bonchev–Trinajstić information content (AvgIpc) is 2.75. The third kappa shape index (κ3) is 7.13. The average molecular weight is 447 g/mol. The summed E-state index contributed by atoms with van der Waals surface area (Å²) in [6.07, 6.45) is 1.05. The van der Waals surface area contributed by atoms with Crippen LogP contribution in [0.2, 0.25) is 5.02 Å². The van der Waals surface area contributed by atoms with Gasteiger partial charge >= 0.3 is 0 Å². The molecule has 30 heavy (non-hydrogen) atoms. The molecule has 1 aliphatic rings. The van der Waals surface area contributed by atoms with E-state index in [1.807, 2.05) is 24.3 Å². The summed E-state index contributed by atoms with van der Waals surface area (Å²) < 4.78 is 5.45. The first-order valence-corrected chi connectivity index (χ1v) is 11.2.